The lowest BCUT2D eigenvalue weighted by Crippen LogP contribution is -2.21. The van der Waals surface area contributed by atoms with E-state index in [9.17, 15) is 24.5 Å². The monoisotopic (exact) mass is 478 g/mol. The van der Waals surface area contributed by atoms with Gasteiger partial charge in [-0.1, -0.05) is 30.3 Å². The van der Waals surface area contributed by atoms with Crippen LogP contribution in [0.4, 0.5) is 10.7 Å². The van der Waals surface area contributed by atoms with E-state index >= 15 is 0 Å². The average molecular weight is 478 g/mol. The summed E-state index contributed by atoms with van der Waals surface area (Å²) in [5, 5.41) is 14.1. The van der Waals surface area contributed by atoms with Crippen LogP contribution >= 0.6 is 11.3 Å². The Morgan fingerprint density at radius 3 is 2.56 bits per heavy atom. The maximum Gasteiger partial charge on any atom is 0.349 e. The van der Waals surface area contributed by atoms with Gasteiger partial charge in [-0.05, 0) is 31.5 Å². The molecule has 4 aromatic rings. The second kappa shape index (κ2) is 9.28. The molecule has 1 amide bonds. The van der Waals surface area contributed by atoms with E-state index in [4.69, 9.17) is 9.15 Å². The van der Waals surface area contributed by atoms with Crippen molar-refractivity contribution in [2.45, 2.75) is 13.8 Å². The van der Waals surface area contributed by atoms with Crippen LogP contribution in [0.2, 0.25) is 0 Å². The van der Waals surface area contributed by atoms with E-state index in [2.05, 4.69) is 5.32 Å². The van der Waals surface area contributed by atoms with Crippen LogP contribution in [-0.2, 0) is 4.74 Å². The van der Waals surface area contributed by atoms with Crippen LogP contribution in [0.15, 0.2) is 63.8 Å². The number of carbonyl (C=O) groups is 2. The van der Waals surface area contributed by atoms with Gasteiger partial charge >= 0.3 is 11.6 Å². The number of nitro benzene ring substituents is 1. The fourth-order valence-electron chi connectivity index (χ4n) is 3.54. The first-order chi connectivity index (χ1) is 16.3. The molecular weight excluding hydrogens is 460 g/mol. The van der Waals surface area contributed by atoms with E-state index in [1.54, 1.807) is 6.92 Å². The minimum absolute atomic E-state index is 0.109. The Morgan fingerprint density at radius 1 is 1.15 bits per heavy atom. The molecule has 0 fully saturated rings. The summed E-state index contributed by atoms with van der Waals surface area (Å²) in [6.07, 6.45) is 0. The zero-order valence-electron chi connectivity index (χ0n) is 18.1. The number of ether oxygens (including phenoxy) is 1. The molecule has 4 rings (SSSR count). The first kappa shape index (κ1) is 22.9. The quantitative estimate of drug-likeness (QED) is 0.175. The van der Waals surface area contributed by atoms with Crippen molar-refractivity contribution in [3.63, 3.8) is 0 Å². The van der Waals surface area contributed by atoms with Gasteiger partial charge < -0.3 is 14.5 Å². The molecule has 34 heavy (non-hydrogen) atoms. The summed E-state index contributed by atoms with van der Waals surface area (Å²) in [5.74, 6) is -1.42. The van der Waals surface area contributed by atoms with E-state index < -0.39 is 22.4 Å². The van der Waals surface area contributed by atoms with Gasteiger partial charge in [-0.3, -0.25) is 14.9 Å². The standard InChI is InChI=1S/C24H18N2O7S/c1-3-32-24(29)20-19(14-7-5-4-6-8-14)13(2)34-22(20)25-21(27)17-12-15-11-16(26(30)31)9-10-18(15)33-23(17)28/h4-12H,3H2,1-2H3,(H,25,27). The Balaban J connectivity index is 1.78. The number of nitrogens with zero attached hydrogens (tertiary/aromatic N) is 1. The van der Waals surface area contributed by atoms with Crippen LogP contribution in [0.5, 0.6) is 0 Å². The van der Waals surface area contributed by atoms with Gasteiger partial charge in [-0.15, -0.1) is 11.3 Å². The molecule has 0 atom stereocenters. The van der Waals surface area contributed by atoms with Crippen molar-refractivity contribution < 1.29 is 23.7 Å². The molecule has 0 saturated carbocycles. The number of nitrogens with one attached hydrogen (secondary N) is 1. The lowest BCUT2D eigenvalue weighted by atomic mass is 10.0. The second-order valence-electron chi connectivity index (χ2n) is 7.20. The second-order valence-corrected chi connectivity index (χ2v) is 8.43. The molecule has 0 aliphatic rings. The third kappa shape index (κ3) is 4.30. The molecule has 2 aromatic carbocycles. The number of esters is 1. The fourth-order valence-corrected chi connectivity index (χ4v) is 4.60. The molecule has 1 N–H and O–H groups in total. The summed E-state index contributed by atoms with van der Waals surface area (Å²) >= 11 is 1.17. The molecule has 0 radical (unpaired) electrons. The lowest BCUT2D eigenvalue weighted by molar-refractivity contribution is -0.384. The Morgan fingerprint density at radius 2 is 1.88 bits per heavy atom. The molecule has 0 bridgehead atoms. The third-order valence-electron chi connectivity index (χ3n) is 5.02. The largest absolute Gasteiger partial charge is 0.462 e. The van der Waals surface area contributed by atoms with Gasteiger partial charge in [0.05, 0.1) is 11.5 Å². The van der Waals surface area contributed by atoms with Crippen molar-refractivity contribution in [2.75, 3.05) is 11.9 Å². The lowest BCUT2D eigenvalue weighted by Gasteiger charge is -2.09. The van der Waals surface area contributed by atoms with Crippen LogP contribution in [-0.4, -0.2) is 23.4 Å². The Bertz CT molecular complexity index is 1490. The van der Waals surface area contributed by atoms with Crippen molar-refractivity contribution in [2.24, 2.45) is 0 Å². The molecule has 172 valence electrons. The highest BCUT2D eigenvalue weighted by Crippen LogP contribution is 2.40. The van der Waals surface area contributed by atoms with Crippen molar-refractivity contribution in [3.05, 3.63) is 91.1 Å². The van der Waals surface area contributed by atoms with Crippen molar-refractivity contribution >= 4 is 44.9 Å². The number of hydrogen-bond donors (Lipinski definition) is 1. The van der Waals surface area contributed by atoms with Gasteiger partial charge in [-0.2, -0.15) is 0 Å². The van der Waals surface area contributed by atoms with Gasteiger partial charge in [0.1, 0.15) is 21.7 Å². The van der Waals surface area contributed by atoms with Crippen LogP contribution in [0.3, 0.4) is 0 Å². The van der Waals surface area contributed by atoms with Gasteiger partial charge in [-0.25, -0.2) is 9.59 Å². The van der Waals surface area contributed by atoms with Crippen molar-refractivity contribution in [1.82, 2.24) is 0 Å². The number of rotatable bonds is 6. The summed E-state index contributed by atoms with van der Waals surface area (Å²) in [7, 11) is 0. The highest BCUT2D eigenvalue weighted by atomic mass is 32.1. The molecule has 0 aliphatic carbocycles. The first-order valence-corrected chi connectivity index (χ1v) is 11.0. The molecule has 0 aliphatic heterocycles. The molecule has 9 nitrogen and oxygen atoms in total. The summed E-state index contributed by atoms with van der Waals surface area (Å²) in [6, 6.07) is 14.1. The molecule has 0 unspecified atom stereocenters. The number of fused-ring (bicyclic) bond motifs is 1. The van der Waals surface area contributed by atoms with Crippen LogP contribution in [0.1, 0.15) is 32.5 Å². The van der Waals surface area contributed by atoms with E-state index in [1.807, 2.05) is 37.3 Å². The Kier molecular flexibility index (Phi) is 6.24. The average Bonchev–Trinajstić information content (AvgIpc) is 3.14. The smallest absolute Gasteiger partial charge is 0.349 e. The number of thiophene rings is 1. The number of non-ortho nitro benzene ring substituents is 1. The Labute approximate surface area is 196 Å². The molecule has 2 heterocycles. The van der Waals surface area contributed by atoms with Gasteiger partial charge in [0.2, 0.25) is 0 Å². The molecule has 10 heteroatoms. The van der Waals surface area contributed by atoms with Gasteiger partial charge in [0.25, 0.3) is 11.6 Å². The first-order valence-electron chi connectivity index (χ1n) is 10.2. The Hall–Kier alpha value is -4.31. The molecular formula is C24H18N2O7S. The summed E-state index contributed by atoms with van der Waals surface area (Å²) in [6.45, 7) is 3.63. The number of anilines is 1. The summed E-state index contributed by atoms with van der Waals surface area (Å²) in [5.41, 5.74) is 0.224. The minimum Gasteiger partial charge on any atom is -0.462 e. The topological polar surface area (TPSA) is 129 Å². The van der Waals surface area contributed by atoms with E-state index in [-0.39, 0.29) is 39.4 Å². The van der Waals surface area contributed by atoms with Crippen LogP contribution in [0, 0.1) is 17.0 Å². The fraction of sp³-hybridized carbons (Fsp3) is 0.125. The molecule has 0 saturated heterocycles. The van der Waals surface area contributed by atoms with Crippen LogP contribution in [0.25, 0.3) is 22.1 Å². The maximum atomic E-state index is 13.0. The predicted molar refractivity (Wildman–Crippen MR) is 128 cm³/mol. The SMILES string of the molecule is CCOC(=O)c1c(NC(=O)c2cc3cc([N+](=O)[O-])ccc3oc2=O)sc(C)c1-c1ccccc1. The third-order valence-corrected chi connectivity index (χ3v) is 6.05. The number of hydrogen-bond acceptors (Lipinski definition) is 8. The van der Waals surface area contributed by atoms with E-state index in [1.165, 1.54) is 35.6 Å². The van der Waals surface area contributed by atoms with Crippen LogP contribution < -0.4 is 10.9 Å². The minimum atomic E-state index is -0.909. The molecule has 2 aromatic heterocycles. The normalized spacial score (nSPS) is 10.8. The number of aryl methyl sites for hydroxylation is 1. The van der Waals surface area contributed by atoms with Gasteiger partial charge in [0, 0.05) is 28.0 Å². The number of benzene rings is 2. The van der Waals surface area contributed by atoms with Crippen molar-refractivity contribution in [3.8, 4) is 11.1 Å². The zero-order valence-corrected chi connectivity index (χ0v) is 18.9. The van der Waals surface area contributed by atoms with Crippen molar-refractivity contribution in [1.29, 1.82) is 0 Å². The summed E-state index contributed by atoms with van der Waals surface area (Å²) < 4.78 is 10.4. The highest BCUT2D eigenvalue weighted by Gasteiger charge is 2.26. The molecule has 0 spiro atoms. The van der Waals surface area contributed by atoms with E-state index in [0.717, 1.165) is 10.4 Å². The number of carbonyl (C=O) groups excluding carboxylic acids is 2. The number of amides is 1. The van der Waals surface area contributed by atoms with Gasteiger partial charge in [0.15, 0.2) is 0 Å². The van der Waals surface area contributed by atoms with E-state index in [0.29, 0.717) is 5.56 Å². The number of nitro groups is 1. The maximum absolute atomic E-state index is 13.0. The highest BCUT2D eigenvalue weighted by molar-refractivity contribution is 7.17. The zero-order chi connectivity index (χ0) is 24.4. The predicted octanol–water partition coefficient (Wildman–Crippen LogP) is 5.17. The summed E-state index contributed by atoms with van der Waals surface area (Å²) in [4.78, 5) is 49.6.